The minimum absolute atomic E-state index is 0.00970. The third kappa shape index (κ3) is 5.49. The lowest BCUT2D eigenvalue weighted by atomic mass is 9.81. The van der Waals surface area contributed by atoms with Crippen molar-refractivity contribution < 1.29 is 14.7 Å². The Morgan fingerprint density at radius 3 is 2.30 bits per heavy atom. The van der Waals surface area contributed by atoms with E-state index in [0.717, 1.165) is 25.7 Å². The number of nitrogens with two attached hydrogens (primary N) is 1. The molecule has 1 atom stereocenters. The maximum atomic E-state index is 12.1. The first kappa shape index (κ1) is 17.0. The van der Waals surface area contributed by atoms with Gasteiger partial charge < -0.3 is 16.2 Å². The van der Waals surface area contributed by atoms with Gasteiger partial charge >= 0.3 is 5.97 Å². The molecule has 0 aliphatic heterocycles. The van der Waals surface area contributed by atoms with Gasteiger partial charge in [-0.25, -0.2) is 0 Å². The summed E-state index contributed by atoms with van der Waals surface area (Å²) in [6.07, 6.45) is 4.34. The van der Waals surface area contributed by atoms with Crippen LogP contribution in [0.15, 0.2) is 0 Å². The van der Waals surface area contributed by atoms with Crippen LogP contribution >= 0.6 is 0 Å². The van der Waals surface area contributed by atoms with Crippen LogP contribution in [-0.2, 0) is 9.59 Å². The highest BCUT2D eigenvalue weighted by Crippen LogP contribution is 2.28. The molecule has 0 radical (unpaired) electrons. The maximum Gasteiger partial charge on any atom is 0.308 e. The Morgan fingerprint density at radius 1 is 1.25 bits per heavy atom. The molecule has 1 saturated carbocycles. The molecular formula is C15H28N2O3. The topological polar surface area (TPSA) is 92.4 Å². The van der Waals surface area contributed by atoms with Crippen LogP contribution < -0.4 is 11.1 Å². The molecule has 4 N–H and O–H groups in total. The molecule has 20 heavy (non-hydrogen) atoms. The summed E-state index contributed by atoms with van der Waals surface area (Å²) in [7, 11) is 0. The van der Waals surface area contributed by atoms with Gasteiger partial charge in [0.05, 0.1) is 5.92 Å². The van der Waals surface area contributed by atoms with Crippen LogP contribution in [0.1, 0.15) is 46.0 Å². The number of carboxylic acids is 1. The second-order valence-electron chi connectivity index (χ2n) is 6.36. The third-order valence-corrected chi connectivity index (χ3v) is 4.18. The average molecular weight is 284 g/mol. The Morgan fingerprint density at radius 2 is 1.85 bits per heavy atom. The molecule has 1 fully saturated rings. The van der Waals surface area contributed by atoms with Crippen molar-refractivity contribution in [1.82, 2.24) is 5.32 Å². The number of rotatable bonds is 7. The molecule has 1 unspecified atom stereocenters. The van der Waals surface area contributed by atoms with Crippen molar-refractivity contribution in [2.24, 2.45) is 29.4 Å². The van der Waals surface area contributed by atoms with Gasteiger partial charge in [-0.15, -0.1) is 0 Å². The molecule has 5 heteroatoms. The van der Waals surface area contributed by atoms with Crippen molar-refractivity contribution >= 4 is 11.9 Å². The molecule has 1 aliphatic carbocycles. The van der Waals surface area contributed by atoms with Crippen LogP contribution in [0.2, 0.25) is 0 Å². The minimum atomic E-state index is -0.828. The van der Waals surface area contributed by atoms with E-state index in [1.165, 1.54) is 0 Å². The summed E-state index contributed by atoms with van der Waals surface area (Å²) in [5.41, 5.74) is 5.64. The van der Waals surface area contributed by atoms with E-state index in [9.17, 15) is 9.59 Å². The van der Waals surface area contributed by atoms with Gasteiger partial charge in [-0.05, 0) is 50.5 Å². The summed E-state index contributed by atoms with van der Waals surface area (Å²) < 4.78 is 0. The predicted molar refractivity (Wildman–Crippen MR) is 78.1 cm³/mol. The van der Waals surface area contributed by atoms with Crippen LogP contribution in [0.25, 0.3) is 0 Å². The van der Waals surface area contributed by atoms with E-state index in [4.69, 9.17) is 10.8 Å². The van der Waals surface area contributed by atoms with Crippen molar-refractivity contribution in [3.8, 4) is 0 Å². The van der Waals surface area contributed by atoms with Gasteiger partial charge in [-0.1, -0.05) is 13.8 Å². The molecule has 0 aromatic rings. The predicted octanol–water partition coefficient (Wildman–Crippen LogP) is 1.61. The fourth-order valence-electron chi connectivity index (χ4n) is 2.87. The second kappa shape index (κ2) is 8.25. The SMILES string of the molecule is CC(C)CC(CNC(=O)C1CCC(CN)CC1)C(=O)O. The van der Waals surface area contributed by atoms with E-state index in [-0.39, 0.29) is 18.4 Å². The number of aliphatic carboxylic acids is 1. The standard InChI is InChI=1S/C15H28N2O3/c1-10(2)7-13(15(19)20)9-17-14(18)12-5-3-11(8-16)4-6-12/h10-13H,3-9,16H2,1-2H3,(H,17,18)(H,19,20). The first-order chi connectivity index (χ1) is 9.43. The van der Waals surface area contributed by atoms with Crippen LogP contribution in [0.5, 0.6) is 0 Å². The zero-order valence-corrected chi connectivity index (χ0v) is 12.6. The molecule has 0 saturated heterocycles. The highest BCUT2D eigenvalue weighted by atomic mass is 16.4. The van der Waals surface area contributed by atoms with E-state index < -0.39 is 11.9 Å². The molecular weight excluding hydrogens is 256 g/mol. The lowest BCUT2D eigenvalue weighted by molar-refractivity contribution is -0.142. The van der Waals surface area contributed by atoms with Crippen molar-refractivity contribution in [1.29, 1.82) is 0 Å². The highest BCUT2D eigenvalue weighted by Gasteiger charge is 2.27. The number of carbonyl (C=O) groups excluding carboxylic acids is 1. The molecule has 0 heterocycles. The number of hydrogen-bond donors (Lipinski definition) is 3. The van der Waals surface area contributed by atoms with E-state index >= 15 is 0 Å². The Bertz CT molecular complexity index is 323. The molecule has 5 nitrogen and oxygen atoms in total. The summed E-state index contributed by atoms with van der Waals surface area (Å²) in [6.45, 7) is 4.92. The van der Waals surface area contributed by atoms with Crippen LogP contribution in [-0.4, -0.2) is 30.1 Å². The number of carbonyl (C=O) groups is 2. The van der Waals surface area contributed by atoms with Crippen molar-refractivity contribution in [2.75, 3.05) is 13.1 Å². The third-order valence-electron chi connectivity index (χ3n) is 4.18. The van der Waals surface area contributed by atoms with Crippen LogP contribution in [0.4, 0.5) is 0 Å². The van der Waals surface area contributed by atoms with E-state index in [1.54, 1.807) is 0 Å². The number of hydrogen-bond acceptors (Lipinski definition) is 3. The molecule has 0 bridgehead atoms. The largest absolute Gasteiger partial charge is 0.481 e. The Hall–Kier alpha value is -1.10. The second-order valence-corrected chi connectivity index (χ2v) is 6.36. The van der Waals surface area contributed by atoms with E-state index in [0.29, 0.717) is 24.8 Å². The number of amides is 1. The Kier molecular flexibility index (Phi) is 6.99. The molecule has 1 aliphatic rings. The van der Waals surface area contributed by atoms with E-state index in [2.05, 4.69) is 5.32 Å². The van der Waals surface area contributed by atoms with Gasteiger partial charge in [0.1, 0.15) is 0 Å². The maximum absolute atomic E-state index is 12.1. The van der Waals surface area contributed by atoms with Gasteiger partial charge in [0.15, 0.2) is 0 Å². The monoisotopic (exact) mass is 284 g/mol. The van der Waals surface area contributed by atoms with Crippen molar-refractivity contribution in [3.05, 3.63) is 0 Å². The van der Waals surface area contributed by atoms with E-state index in [1.807, 2.05) is 13.8 Å². The quantitative estimate of drug-likeness (QED) is 0.662. The lowest BCUT2D eigenvalue weighted by Crippen LogP contribution is -2.38. The average Bonchev–Trinajstić information content (AvgIpc) is 2.42. The zero-order valence-electron chi connectivity index (χ0n) is 12.6. The van der Waals surface area contributed by atoms with Gasteiger partial charge in [-0.3, -0.25) is 9.59 Å². The molecule has 0 aromatic heterocycles. The van der Waals surface area contributed by atoms with Crippen molar-refractivity contribution in [3.63, 3.8) is 0 Å². The van der Waals surface area contributed by atoms with Gasteiger partial charge in [0.25, 0.3) is 0 Å². The van der Waals surface area contributed by atoms with Gasteiger partial charge in [-0.2, -0.15) is 0 Å². The molecule has 0 spiro atoms. The summed E-state index contributed by atoms with van der Waals surface area (Å²) in [5, 5.41) is 12.0. The Labute approximate surface area is 121 Å². The zero-order chi connectivity index (χ0) is 15.1. The van der Waals surface area contributed by atoms with Gasteiger partial charge in [0.2, 0.25) is 5.91 Å². The number of carboxylic acid groups (broad SMARTS) is 1. The summed E-state index contributed by atoms with van der Waals surface area (Å²) >= 11 is 0. The fourth-order valence-corrected chi connectivity index (χ4v) is 2.87. The minimum Gasteiger partial charge on any atom is -0.481 e. The normalized spacial score (nSPS) is 24.4. The molecule has 1 amide bonds. The van der Waals surface area contributed by atoms with Crippen molar-refractivity contribution in [2.45, 2.75) is 46.0 Å². The fraction of sp³-hybridized carbons (Fsp3) is 0.867. The molecule has 116 valence electrons. The first-order valence-corrected chi connectivity index (χ1v) is 7.64. The Balaban J connectivity index is 2.36. The van der Waals surface area contributed by atoms with Gasteiger partial charge in [0, 0.05) is 12.5 Å². The summed E-state index contributed by atoms with van der Waals surface area (Å²) in [5.74, 6) is -0.410. The van der Waals surface area contributed by atoms with Crippen LogP contribution in [0.3, 0.4) is 0 Å². The lowest BCUT2D eigenvalue weighted by Gasteiger charge is -2.27. The van der Waals surface area contributed by atoms with Crippen LogP contribution in [0, 0.1) is 23.7 Å². The molecule has 1 rings (SSSR count). The highest BCUT2D eigenvalue weighted by molar-refractivity contribution is 5.79. The summed E-state index contributed by atoms with van der Waals surface area (Å²) in [4.78, 5) is 23.2. The number of nitrogens with one attached hydrogen (secondary N) is 1. The first-order valence-electron chi connectivity index (χ1n) is 7.64. The smallest absolute Gasteiger partial charge is 0.308 e. The molecule has 0 aromatic carbocycles. The summed E-state index contributed by atoms with van der Waals surface area (Å²) in [6, 6.07) is 0.